The molecule has 0 aliphatic rings. The van der Waals surface area contributed by atoms with Gasteiger partial charge < -0.3 is 16.6 Å². The topological polar surface area (TPSA) is 108 Å². The molecule has 0 spiro atoms. The van der Waals surface area contributed by atoms with Crippen molar-refractivity contribution in [2.45, 2.75) is 12.8 Å². The average Bonchev–Trinajstić information content (AvgIpc) is 1.97. The highest BCUT2D eigenvalue weighted by Gasteiger charge is 1.95. The summed E-state index contributed by atoms with van der Waals surface area (Å²) in [6, 6.07) is 0. The van der Waals surface area contributed by atoms with Crippen LogP contribution in [0.5, 0.6) is 0 Å². The fourth-order valence-electron chi connectivity index (χ4n) is 0.532. The number of hydrogen-bond acceptors (Lipinski definition) is 3. The molecule has 6 heteroatoms. The Bertz CT molecular complexity index is 167. The summed E-state index contributed by atoms with van der Waals surface area (Å²) >= 11 is 1.27. The summed E-state index contributed by atoms with van der Waals surface area (Å²) in [5.74, 6) is 0.672. The fourth-order valence-corrected chi connectivity index (χ4v) is 1.24. The second kappa shape index (κ2) is 6.93. The third-order valence-corrected chi connectivity index (χ3v) is 1.88. The number of amidine groups is 1. The summed E-state index contributed by atoms with van der Waals surface area (Å²) in [6.07, 6.45) is 1.62. The van der Waals surface area contributed by atoms with E-state index in [1.54, 1.807) is 0 Å². The number of rotatable bonds is 4. The SMILES string of the molecule is N=C(N=C(N)N)SCCCCO. The predicted molar refractivity (Wildman–Crippen MR) is 52.3 cm³/mol. The van der Waals surface area contributed by atoms with Gasteiger partial charge in [-0.05, 0) is 12.8 Å². The third kappa shape index (κ3) is 7.36. The van der Waals surface area contributed by atoms with E-state index in [9.17, 15) is 0 Å². The number of hydrogen-bond donors (Lipinski definition) is 4. The van der Waals surface area contributed by atoms with Crippen molar-refractivity contribution in [2.75, 3.05) is 12.4 Å². The van der Waals surface area contributed by atoms with E-state index in [1.165, 1.54) is 11.8 Å². The summed E-state index contributed by atoms with van der Waals surface area (Å²) in [7, 11) is 0. The van der Waals surface area contributed by atoms with Gasteiger partial charge in [-0.2, -0.15) is 4.99 Å². The van der Waals surface area contributed by atoms with Crippen molar-refractivity contribution in [1.29, 1.82) is 5.41 Å². The van der Waals surface area contributed by atoms with Gasteiger partial charge in [0.1, 0.15) is 0 Å². The monoisotopic (exact) mass is 190 g/mol. The first-order chi connectivity index (χ1) is 5.66. The van der Waals surface area contributed by atoms with Gasteiger partial charge in [0.2, 0.25) is 0 Å². The molecule has 0 heterocycles. The number of guanidine groups is 1. The van der Waals surface area contributed by atoms with Gasteiger partial charge in [0.15, 0.2) is 11.1 Å². The zero-order chi connectivity index (χ0) is 9.40. The molecule has 6 N–H and O–H groups in total. The lowest BCUT2D eigenvalue weighted by atomic mass is 10.4. The summed E-state index contributed by atoms with van der Waals surface area (Å²) < 4.78 is 0. The van der Waals surface area contributed by atoms with Crippen molar-refractivity contribution in [1.82, 2.24) is 0 Å². The minimum Gasteiger partial charge on any atom is -0.396 e. The van der Waals surface area contributed by atoms with Gasteiger partial charge >= 0.3 is 0 Å². The molecule has 12 heavy (non-hydrogen) atoms. The van der Waals surface area contributed by atoms with Crippen molar-refractivity contribution in [2.24, 2.45) is 16.5 Å². The standard InChI is InChI=1S/C6H14N4OS/c7-5(8)10-6(9)12-4-2-1-3-11/h11H,1-4H2,(H5,7,8,9,10). The van der Waals surface area contributed by atoms with Crippen LogP contribution in [0.4, 0.5) is 0 Å². The maximum atomic E-state index is 8.45. The van der Waals surface area contributed by atoms with E-state index in [1.807, 2.05) is 0 Å². The van der Waals surface area contributed by atoms with E-state index in [4.69, 9.17) is 22.0 Å². The first-order valence-electron chi connectivity index (χ1n) is 3.58. The first kappa shape index (κ1) is 11.2. The Hall–Kier alpha value is -0.750. The quantitative estimate of drug-likeness (QED) is 0.277. The van der Waals surface area contributed by atoms with E-state index in [-0.39, 0.29) is 17.7 Å². The highest BCUT2D eigenvalue weighted by atomic mass is 32.2. The molecule has 0 bridgehead atoms. The molecule has 0 saturated heterocycles. The van der Waals surface area contributed by atoms with Gasteiger partial charge in [-0.3, -0.25) is 5.41 Å². The van der Waals surface area contributed by atoms with Crippen LogP contribution < -0.4 is 11.5 Å². The number of unbranched alkanes of at least 4 members (excludes halogenated alkanes) is 1. The third-order valence-electron chi connectivity index (χ3n) is 1.02. The molecule has 0 aromatic heterocycles. The molecule has 0 fully saturated rings. The summed E-state index contributed by atoms with van der Waals surface area (Å²) in [6.45, 7) is 0.191. The van der Waals surface area contributed by atoms with Crippen LogP contribution in [0.25, 0.3) is 0 Å². The van der Waals surface area contributed by atoms with Crippen LogP contribution in [0, 0.1) is 5.41 Å². The first-order valence-corrected chi connectivity index (χ1v) is 4.57. The van der Waals surface area contributed by atoms with Crippen LogP contribution in [-0.2, 0) is 0 Å². The molecule has 70 valence electrons. The molecule has 5 nitrogen and oxygen atoms in total. The molecule has 0 atom stereocenters. The Morgan fingerprint density at radius 2 is 2.08 bits per heavy atom. The predicted octanol–water partition coefficient (Wildman–Crippen LogP) is -0.300. The lowest BCUT2D eigenvalue weighted by molar-refractivity contribution is 0.287. The Balaban J connectivity index is 3.39. The summed E-state index contributed by atoms with van der Waals surface area (Å²) in [5, 5.41) is 15.8. The normalized spacial score (nSPS) is 9.42. The van der Waals surface area contributed by atoms with E-state index in [0.29, 0.717) is 0 Å². The molecule has 0 radical (unpaired) electrons. The van der Waals surface area contributed by atoms with Gasteiger partial charge in [-0.1, -0.05) is 11.8 Å². The van der Waals surface area contributed by atoms with Crippen molar-refractivity contribution < 1.29 is 5.11 Å². The van der Waals surface area contributed by atoms with Crippen LogP contribution in [0.2, 0.25) is 0 Å². The number of nitrogens with one attached hydrogen (secondary N) is 1. The Morgan fingerprint density at radius 1 is 1.42 bits per heavy atom. The fraction of sp³-hybridized carbons (Fsp3) is 0.667. The van der Waals surface area contributed by atoms with Crippen LogP contribution in [0.3, 0.4) is 0 Å². The lowest BCUT2D eigenvalue weighted by Gasteiger charge is -1.97. The minimum atomic E-state index is -0.0883. The molecule has 0 aromatic rings. The van der Waals surface area contributed by atoms with Crippen LogP contribution in [0.1, 0.15) is 12.8 Å². The van der Waals surface area contributed by atoms with Crippen molar-refractivity contribution in [3.05, 3.63) is 0 Å². The van der Waals surface area contributed by atoms with Gasteiger partial charge in [0, 0.05) is 12.4 Å². The lowest BCUT2D eigenvalue weighted by Crippen LogP contribution is -2.23. The van der Waals surface area contributed by atoms with Gasteiger partial charge in [0.05, 0.1) is 0 Å². The largest absolute Gasteiger partial charge is 0.396 e. The molecular weight excluding hydrogens is 176 g/mol. The number of nitrogens with zero attached hydrogens (tertiary/aromatic N) is 1. The summed E-state index contributed by atoms with van der Waals surface area (Å²) in [4.78, 5) is 3.53. The molecule has 0 rings (SSSR count). The molecule has 0 unspecified atom stereocenters. The van der Waals surface area contributed by atoms with E-state index < -0.39 is 0 Å². The van der Waals surface area contributed by atoms with E-state index >= 15 is 0 Å². The zero-order valence-electron chi connectivity index (χ0n) is 6.79. The smallest absolute Gasteiger partial charge is 0.193 e. The van der Waals surface area contributed by atoms with Gasteiger partial charge in [-0.15, -0.1) is 0 Å². The van der Waals surface area contributed by atoms with Crippen molar-refractivity contribution in [3.8, 4) is 0 Å². The number of thioether (sulfide) groups is 1. The van der Waals surface area contributed by atoms with Crippen molar-refractivity contribution >= 4 is 22.9 Å². The second-order valence-corrected chi connectivity index (χ2v) is 3.20. The highest BCUT2D eigenvalue weighted by molar-refractivity contribution is 8.13. The number of nitrogens with two attached hydrogens (primary N) is 2. The molecule has 0 saturated carbocycles. The maximum absolute atomic E-state index is 8.45. The number of aliphatic imine (C=N–C) groups is 1. The highest BCUT2D eigenvalue weighted by Crippen LogP contribution is 2.06. The van der Waals surface area contributed by atoms with Gasteiger partial charge in [0.25, 0.3) is 0 Å². The zero-order valence-corrected chi connectivity index (χ0v) is 7.60. The van der Waals surface area contributed by atoms with E-state index in [0.717, 1.165) is 18.6 Å². The van der Waals surface area contributed by atoms with E-state index in [2.05, 4.69) is 4.99 Å². The minimum absolute atomic E-state index is 0.0883. The van der Waals surface area contributed by atoms with Crippen LogP contribution in [-0.4, -0.2) is 28.6 Å². The molecule has 0 amide bonds. The van der Waals surface area contributed by atoms with Crippen LogP contribution >= 0.6 is 11.8 Å². The molecule has 0 aromatic carbocycles. The Morgan fingerprint density at radius 3 is 2.58 bits per heavy atom. The number of aliphatic hydroxyl groups is 1. The Kier molecular flexibility index (Phi) is 6.50. The Labute approximate surface area is 75.7 Å². The summed E-state index contributed by atoms with van der Waals surface area (Å²) in [5.41, 5.74) is 10.1. The maximum Gasteiger partial charge on any atom is 0.193 e. The average molecular weight is 190 g/mol. The molecular formula is C6H14N4OS. The molecule has 0 aliphatic carbocycles. The van der Waals surface area contributed by atoms with Crippen molar-refractivity contribution in [3.63, 3.8) is 0 Å². The van der Waals surface area contributed by atoms with Crippen LogP contribution in [0.15, 0.2) is 4.99 Å². The van der Waals surface area contributed by atoms with Gasteiger partial charge in [-0.25, -0.2) is 0 Å². The number of aliphatic hydroxyl groups excluding tert-OH is 1. The second-order valence-electron chi connectivity index (χ2n) is 2.12. The molecule has 0 aliphatic heterocycles.